The fraction of sp³-hybridized carbons (Fsp3) is 0.0769. The topological polar surface area (TPSA) is 108 Å². The molecule has 1 heterocycles. The molecule has 0 saturated heterocycles. The molecule has 0 unspecified atom stereocenters. The van der Waals surface area contributed by atoms with Gasteiger partial charge in [0.2, 0.25) is 10.0 Å². The smallest absolute Gasteiger partial charge is 0.288 e. The standard InChI is InChI=1S/C13H12ClN3O4S/c14-10-3-1-2-9(6-10)8-22(20,21)17-11-4-5-15-12(7-11)13(18)16-19/h1-7,19H,8H2,(H,15,17)(H,16,18). The van der Waals surface area contributed by atoms with E-state index >= 15 is 0 Å². The van der Waals surface area contributed by atoms with Crippen molar-refractivity contribution in [2.45, 2.75) is 5.75 Å². The lowest BCUT2D eigenvalue weighted by atomic mass is 10.2. The summed E-state index contributed by atoms with van der Waals surface area (Å²) in [6, 6.07) is 9.10. The minimum absolute atomic E-state index is 0.120. The summed E-state index contributed by atoms with van der Waals surface area (Å²) < 4.78 is 26.5. The first-order chi connectivity index (χ1) is 10.4. The molecule has 3 N–H and O–H groups in total. The summed E-state index contributed by atoms with van der Waals surface area (Å²) >= 11 is 5.81. The van der Waals surface area contributed by atoms with Gasteiger partial charge in [-0.1, -0.05) is 23.7 Å². The number of sulfonamides is 1. The zero-order valence-corrected chi connectivity index (χ0v) is 12.7. The molecule has 0 bridgehead atoms. The van der Waals surface area contributed by atoms with Gasteiger partial charge in [-0.05, 0) is 29.8 Å². The lowest BCUT2D eigenvalue weighted by Crippen LogP contribution is -2.20. The van der Waals surface area contributed by atoms with Crippen molar-refractivity contribution in [1.82, 2.24) is 10.5 Å². The highest BCUT2D eigenvalue weighted by atomic mass is 35.5. The molecule has 2 rings (SSSR count). The van der Waals surface area contributed by atoms with Crippen LogP contribution in [0.5, 0.6) is 0 Å². The molecule has 22 heavy (non-hydrogen) atoms. The van der Waals surface area contributed by atoms with E-state index in [0.29, 0.717) is 10.6 Å². The van der Waals surface area contributed by atoms with Crippen LogP contribution in [0.1, 0.15) is 16.1 Å². The number of hydrogen-bond donors (Lipinski definition) is 3. The molecule has 116 valence electrons. The van der Waals surface area contributed by atoms with Gasteiger partial charge in [0.15, 0.2) is 0 Å². The fourth-order valence-electron chi connectivity index (χ4n) is 1.74. The molecule has 0 aliphatic heterocycles. The van der Waals surface area contributed by atoms with Crippen molar-refractivity contribution in [3.05, 3.63) is 58.9 Å². The zero-order valence-electron chi connectivity index (χ0n) is 11.2. The Kier molecular flexibility index (Phi) is 4.96. The van der Waals surface area contributed by atoms with Gasteiger partial charge in [-0.25, -0.2) is 13.9 Å². The number of hydrogen-bond acceptors (Lipinski definition) is 5. The molecule has 0 saturated carbocycles. The summed E-state index contributed by atoms with van der Waals surface area (Å²) in [6.45, 7) is 0. The summed E-state index contributed by atoms with van der Waals surface area (Å²) in [5, 5.41) is 8.98. The maximum atomic E-state index is 12.1. The van der Waals surface area contributed by atoms with E-state index in [0.717, 1.165) is 0 Å². The predicted molar refractivity (Wildman–Crippen MR) is 81.2 cm³/mol. The Hall–Kier alpha value is -2.16. The molecule has 0 radical (unpaired) electrons. The van der Waals surface area contributed by atoms with Gasteiger partial charge >= 0.3 is 0 Å². The number of amides is 1. The second-order valence-electron chi connectivity index (χ2n) is 4.36. The van der Waals surface area contributed by atoms with Crippen LogP contribution in [0.3, 0.4) is 0 Å². The minimum Gasteiger partial charge on any atom is -0.288 e. The van der Waals surface area contributed by atoms with Crippen LogP contribution < -0.4 is 10.2 Å². The average Bonchev–Trinajstić information content (AvgIpc) is 2.45. The first-order valence-corrected chi connectivity index (χ1v) is 8.08. The molecule has 0 atom stereocenters. The number of aromatic nitrogens is 1. The molecular formula is C13H12ClN3O4S. The lowest BCUT2D eigenvalue weighted by molar-refractivity contribution is 0.0701. The Balaban J connectivity index is 2.17. The molecular weight excluding hydrogens is 330 g/mol. The Morgan fingerprint density at radius 3 is 2.73 bits per heavy atom. The first kappa shape index (κ1) is 16.2. The first-order valence-electron chi connectivity index (χ1n) is 6.05. The van der Waals surface area contributed by atoms with Crippen molar-refractivity contribution in [3.8, 4) is 0 Å². The highest BCUT2D eigenvalue weighted by Gasteiger charge is 2.14. The van der Waals surface area contributed by atoms with Gasteiger partial charge in [0.25, 0.3) is 5.91 Å². The third-order valence-electron chi connectivity index (χ3n) is 2.61. The molecule has 1 aromatic heterocycles. The highest BCUT2D eigenvalue weighted by Crippen LogP contribution is 2.16. The van der Waals surface area contributed by atoms with Crippen molar-refractivity contribution < 1.29 is 18.4 Å². The minimum atomic E-state index is -3.68. The van der Waals surface area contributed by atoms with E-state index in [9.17, 15) is 13.2 Å². The van der Waals surface area contributed by atoms with Crippen molar-refractivity contribution >= 4 is 33.2 Å². The molecule has 2 aromatic rings. The van der Waals surface area contributed by atoms with Crippen LogP contribution in [0.25, 0.3) is 0 Å². The van der Waals surface area contributed by atoms with E-state index in [4.69, 9.17) is 16.8 Å². The lowest BCUT2D eigenvalue weighted by Gasteiger charge is -2.09. The molecule has 9 heteroatoms. The number of halogens is 1. The third kappa shape index (κ3) is 4.42. The largest absolute Gasteiger partial charge is 0.293 e. The summed E-state index contributed by atoms with van der Waals surface area (Å²) in [4.78, 5) is 15.0. The predicted octanol–water partition coefficient (Wildman–Crippen LogP) is 1.80. The Morgan fingerprint density at radius 2 is 2.05 bits per heavy atom. The second kappa shape index (κ2) is 6.73. The number of nitrogens with zero attached hydrogens (tertiary/aromatic N) is 1. The number of carbonyl (C=O) groups excluding carboxylic acids is 1. The van der Waals surface area contributed by atoms with Gasteiger partial charge in [-0.2, -0.15) is 0 Å². The molecule has 0 aliphatic carbocycles. The number of rotatable bonds is 5. The molecule has 1 amide bonds. The van der Waals surface area contributed by atoms with Gasteiger partial charge < -0.3 is 0 Å². The fourth-order valence-corrected chi connectivity index (χ4v) is 3.13. The molecule has 0 fully saturated rings. The van der Waals surface area contributed by atoms with Crippen LogP contribution in [0.2, 0.25) is 5.02 Å². The summed E-state index contributed by atoms with van der Waals surface area (Å²) in [6.07, 6.45) is 1.25. The van der Waals surface area contributed by atoms with Crippen LogP contribution in [-0.2, 0) is 15.8 Å². The molecule has 1 aromatic carbocycles. The summed E-state index contributed by atoms with van der Waals surface area (Å²) in [7, 11) is -3.68. The normalized spacial score (nSPS) is 11.0. The van der Waals surface area contributed by atoms with Crippen LogP contribution in [-0.4, -0.2) is 24.5 Å². The highest BCUT2D eigenvalue weighted by molar-refractivity contribution is 7.91. The molecule has 7 nitrogen and oxygen atoms in total. The Labute approximate surface area is 132 Å². The van der Waals surface area contributed by atoms with E-state index in [1.54, 1.807) is 24.3 Å². The number of nitrogens with one attached hydrogen (secondary N) is 2. The van der Waals surface area contributed by atoms with E-state index in [1.807, 2.05) is 0 Å². The number of carbonyl (C=O) groups is 1. The van der Waals surface area contributed by atoms with Crippen molar-refractivity contribution in [2.24, 2.45) is 0 Å². The van der Waals surface area contributed by atoms with Gasteiger partial charge in [-0.3, -0.25) is 19.7 Å². The quantitative estimate of drug-likeness (QED) is 0.567. The zero-order chi connectivity index (χ0) is 16.2. The SMILES string of the molecule is O=C(NO)c1cc(NS(=O)(=O)Cc2cccc(Cl)c2)ccn1. The number of benzene rings is 1. The van der Waals surface area contributed by atoms with Crippen LogP contribution in [0, 0.1) is 0 Å². The summed E-state index contributed by atoms with van der Waals surface area (Å²) in [5.74, 6) is -1.10. The van der Waals surface area contributed by atoms with Crippen LogP contribution >= 0.6 is 11.6 Å². The number of hydroxylamine groups is 1. The molecule has 0 aliphatic rings. The van der Waals surface area contributed by atoms with Crippen molar-refractivity contribution in [2.75, 3.05) is 4.72 Å². The van der Waals surface area contributed by atoms with Crippen LogP contribution in [0.15, 0.2) is 42.6 Å². The van der Waals surface area contributed by atoms with Crippen LogP contribution in [0.4, 0.5) is 5.69 Å². The van der Waals surface area contributed by atoms with E-state index in [2.05, 4.69) is 9.71 Å². The van der Waals surface area contributed by atoms with Gasteiger partial charge in [0.1, 0.15) is 5.69 Å². The summed E-state index contributed by atoms with van der Waals surface area (Å²) in [5.41, 5.74) is 2.00. The number of pyridine rings is 1. The van der Waals surface area contributed by atoms with Crippen molar-refractivity contribution in [1.29, 1.82) is 0 Å². The van der Waals surface area contributed by atoms with Gasteiger partial charge in [0.05, 0.1) is 11.4 Å². The van der Waals surface area contributed by atoms with Gasteiger partial charge in [0, 0.05) is 11.2 Å². The van der Waals surface area contributed by atoms with E-state index in [1.165, 1.54) is 23.8 Å². The number of anilines is 1. The maximum Gasteiger partial charge on any atom is 0.293 e. The second-order valence-corrected chi connectivity index (χ2v) is 6.52. The van der Waals surface area contributed by atoms with Gasteiger partial charge in [-0.15, -0.1) is 0 Å². The van der Waals surface area contributed by atoms with E-state index in [-0.39, 0.29) is 17.1 Å². The maximum absolute atomic E-state index is 12.1. The van der Waals surface area contributed by atoms with E-state index < -0.39 is 15.9 Å². The van der Waals surface area contributed by atoms with Crippen molar-refractivity contribution in [3.63, 3.8) is 0 Å². The Morgan fingerprint density at radius 1 is 1.27 bits per heavy atom. The third-order valence-corrected chi connectivity index (χ3v) is 4.11. The monoisotopic (exact) mass is 341 g/mol. The molecule has 0 spiro atoms. The Bertz CT molecular complexity index is 795. The average molecular weight is 342 g/mol.